The maximum Gasteiger partial charge on any atom is 0.100 e. The second kappa shape index (κ2) is 4.87. The van der Waals surface area contributed by atoms with E-state index in [1.165, 1.54) is 11.3 Å². The normalized spacial score (nSPS) is 27.1. The van der Waals surface area contributed by atoms with E-state index >= 15 is 0 Å². The molecule has 14 heavy (non-hydrogen) atoms. The highest BCUT2D eigenvalue weighted by molar-refractivity contribution is 14.1. The first kappa shape index (κ1) is 11.5. The van der Waals surface area contributed by atoms with Crippen LogP contribution in [-0.4, -0.2) is 10.5 Å². The van der Waals surface area contributed by atoms with Crippen LogP contribution in [0.4, 0.5) is 0 Å². The molecule has 2 rings (SSSR count). The minimum absolute atomic E-state index is 0.158. The van der Waals surface area contributed by atoms with Crippen LogP contribution in [0.25, 0.3) is 0 Å². The van der Waals surface area contributed by atoms with E-state index < -0.39 is 0 Å². The number of hydrogen-bond acceptors (Lipinski definition) is 2. The number of hydrogen-bond donors (Lipinski definition) is 0. The van der Waals surface area contributed by atoms with Gasteiger partial charge in [-0.15, -0.1) is 11.3 Å². The van der Waals surface area contributed by atoms with Gasteiger partial charge in [0, 0.05) is 9.99 Å². The molecule has 1 fully saturated rings. The Balaban J connectivity index is 2.13. The Morgan fingerprint density at radius 3 is 2.79 bits per heavy atom. The standard InChI is InChI=1S/C9H9Cl2IOS/c10-8-3-6(9(11)14-8)7-2-1-5(4-12)13-7/h3,5,7H,1-2,4H2. The molecule has 0 saturated carbocycles. The van der Waals surface area contributed by atoms with Crippen molar-refractivity contribution < 1.29 is 4.74 Å². The number of halogens is 3. The smallest absolute Gasteiger partial charge is 0.100 e. The Hall–Kier alpha value is 0.970. The van der Waals surface area contributed by atoms with E-state index in [1.54, 1.807) is 0 Å². The van der Waals surface area contributed by atoms with E-state index in [0.717, 1.165) is 31.5 Å². The van der Waals surface area contributed by atoms with Gasteiger partial charge >= 0.3 is 0 Å². The average molecular weight is 363 g/mol. The fourth-order valence-corrected chi connectivity index (χ4v) is 3.83. The van der Waals surface area contributed by atoms with Gasteiger partial charge in [-0.1, -0.05) is 45.8 Å². The summed E-state index contributed by atoms with van der Waals surface area (Å²) in [6.07, 6.45) is 2.72. The molecule has 0 aromatic carbocycles. The fourth-order valence-electron chi connectivity index (χ4n) is 1.62. The Kier molecular flexibility index (Phi) is 3.98. The minimum Gasteiger partial charge on any atom is -0.369 e. The Labute approximate surface area is 111 Å². The Morgan fingerprint density at radius 2 is 2.29 bits per heavy atom. The quantitative estimate of drug-likeness (QED) is 0.546. The molecule has 0 spiro atoms. The van der Waals surface area contributed by atoms with Gasteiger partial charge in [-0.05, 0) is 18.9 Å². The second-order valence-corrected chi connectivity index (χ2v) is 6.42. The fraction of sp³-hybridized carbons (Fsp3) is 0.556. The highest BCUT2D eigenvalue weighted by Gasteiger charge is 2.28. The first-order chi connectivity index (χ1) is 6.70. The molecular formula is C9H9Cl2IOS. The summed E-state index contributed by atoms with van der Waals surface area (Å²) in [5.74, 6) is 0. The monoisotopic (exact) mass is 362 g/mol. The Bertz CT molecular complexity index is 329. The van der Waals surface area contributed by atoms with Crippen LogP contribution in [0.2, 0.25) is 8.67 Å². The summed E-state index contributed by atoms with van der Waals surface area (Å²) in [6, 6.07) is 1.93. The van der Waals surface area contributed by atoms with E-state index in [4.69, 9.17) is 27.9 Å². The molecule has 5 heteroatoms. The molecule has 0 radical (unpaired) electrons. The molecule has 0 N–H and O–H groups in total. The molecule has 1 aliphatic heterocycles. The van der Waals surface area contributed by atoms with Crippen LogP contribution in [0.15, 0.2) is 6.07 Å². The van der Waals surface area contributed by atoms with E-state index in [2.05, 4.69) is 22.6 Å². The third-order valence-electron chi connectivity index (χ3n) is 2.31. The van der Waals surface area contributed by atoms with Crippen molar-refractivity contribution in [3.05, 3.63) is 20.3 Å². The molecule has 78 valence electrons. The van der Waals surface area contributed by atoms with Crippen molar-refractivity contribution >= 4 is 57.1 Å². The van der Waals surface area contributed by atoms with Crippen LogP contribution in [0.5, 0.6) is 0 Å². The van der Waals surface area contributed by atoms with Gasteiger partial charge < -0.3 is 4.74 Å². The first-order valence-electron chi connectivity index (χ1n) is 4.37. The molecule has 2 atom stereocenters. The average Bonchev–Trinajstić information content (AvgIpc) is 2.71. The van der Waals surface area contributed by atoms with Gasteiger partial charge in [0.2, 0.25) is 0 Å². The van der Waals surface area contributed by atoms with Crippen LogP contribution < -0.4 is 0 Å². The van der Waals surface area contributed by atoms with Crippen LogP contribution in [0.3, 0.4) is 0 Å². The second-order valence-electron chi connectivity index (χ2n) is 3.26. The van der Waals surface area contributed by atoms with Crippen molar-refractivity contribution in [1.29, 1.82) is 0 Å². The lowest BCUT2D eigenvalue weighted by atomic mass is 10.1. The summed E-state index contributed by atoms with van der Waals surface area (Å²) in [4.78, 5) is 0. The lowest BCUT2D eigenvalue weighted by Crippen LogP contribution is -2.06. The van der Waals surface area contributed by atoms with Gasteiger partial charge in [0.15, 0.2) is 0 Å². The summed E-state index contributed by atoms with van der Waals surface area (Å²) in [5.41, 5.74) is 1.06. The van der Waals surface area contributed by atoms with Crippen molar-refractivity contribution in [2.75, 3.05) is 4.43 Å². The molecule has 2 heterocycles. The molecule has 0 bridgehead atoms. The summed E-state index contributed by atoms with van der Waals surface area (Å²) < 4.78 is 8.41. The first-order valence-corrected chi connectivity index (χ1v) is 7.46. The molecule has 1 nitrogen and oxygen atoms in total. The molecule has 0 aliphatic carbocycles. The predicted molar refractivity (Wildman–Crippen MR) is 70.1 cm³/mol. The van der Waals surface area contributed by atoms with Gasteiger partial charge in [0.05, 0.1) is 16.5 Å². The summed E-state index contributed by atoms with van der Waals surface area (Å²) in [5, 5.41) is 0. The van der Waals surface area contributed by atoms with E-state index in [-0.39, 0.29) is 6.10 Å². The van der Waals surface area contributed by atoms with E-state index in [1.807, 2.05) is 6.07 Å². The van der Waals surface area contributed by atoms with E-state index in [9.17, 15) is 0 Å². The molecule has 0 amide bonds. The van der Waals surface area contributed by atoms with Crippen molar-refractivity contribution in [3.8, 4) is 0 Å². The third kappa shape index (κ3) is 2.38. The largest absolute Gasteiger partial charge is 0.369 e. The Morgan fingerprint density at radius 1 is 1.50 bits per heavy atom. The summed E-state index contributed by atoms with van der Waals surface area (Å²) in [7, 11) is 0. The summed E-state index contributed by atoms with van der Waals surface area (Å²) in [6.45, 7) is 0. The van der Waals surface area contributed by atoms with E-state index in [0.29, 0.717) is 6.10 Å². The SMILES string of the molecule is Clc1cc(C2CCC(CI)O2)c(Cl)s1. The molecular weight excluding hydrogens is 354 g/mol. The zero-order chi connectivity index (χ0) is 10.1. The lowest BCUT2D eigenvalue weighted by Gasteiger charge is -2.10. The third-order valence-corrected chi connectivity index (χ3v) is 4.81. The van der Waals surface area contributed by atoms with Crippen molar-refractivity contribution in [2.45, 2.75) is 25.0 Å². The summed E-state index contributed by atoms with van der Waals surface area (Å²) >= 11 is 15.7. The van der Waals surface area contributed by atoms with Crippen molar-refractivity contribution in [1.82, 2.24) is 0 Å². The van der Waals surface area contributed by atoms with Crippen LogP contribution in [0, 0.1) is 0 Å². The zero-order valence-electron chi connectivity index (χ0n) is 7.30. The maximum absolute atomic E-state index is 6.07. The topological polar surface area (TPSA) is 9.23 Å². The number of thiophene rings is 1. The lowest BCUT2D eigenvalue weighted by molar-refractivity contribution is 0.0601. The molecule has 1 aromatic heterocycles. The minimum atomic E-state index is 0.158. The highest BCUT2D eigenvalue weighted by atomic mass is 127. The molecule has 1 aliphatic rings. The number of ether oxygens (including phenoxy) is 1. The van der Waals surface area contributed by atoms with Crippen LogP contribution in [-0.2, 0) is 4.74 Å². The van der Waals surface area contributed by atoms with Crippen molar-refractivity contribution in [2.24, 2.45) is 0 Å². The molecule has 1 aromatic rings. The predicted octanol–water partition coefficient (Wildman–Crippen LogP) is 4.71. The molecule has 2 unspecified atom stereocenters. The van der Waals surface area contributed by atoms with Gasteiger partial charge in [0.1, 0.15) is 4.34 Å². The van der Waals surface area contributed by atoms with Gasteiger partial charge in [-0.2, -0.15) is 0 Å². The van der Waals surface area contributed by atoms with Crippen LogP contribution >= 0.6 is 57.1 Å². The van der Waals surface area contributed by atoms with Gasteiger partial charge in [0.25, 0.3) is 0 Å². The van der Waals surface area contributed by atoms with Gasteiger partial charge in [-0.25, -0.2) is 0 Å². The highest BCUT2D eigenvalue weighted by Crippen LogP contribution is 2.41. The number of rotatable bonds is 2. The zero-order valence-corrected chi connectivity index (χ0v) is 11.8. The van der Waals surface area contributed by atoms with Crippen molar-refractivity contribution in [3.63, 3.8) is 0 Å². The number of alkyl halides is 1. The van der Waals surface area contributed by atoms with Gasteiger partial charge in [-0.3, -0.25) is 0 Å². The maximum atomic E-state index is 6.07. The molecule has 1 saturated heterocycles. The van der Waals surface area contributed by atoms with Crippen LogP contribution in [0.1, 0.15) is 24.5 Å².